The smallest absolute Gasteiger partial charge is 0.253 e. The fraction of sp³-hybridized carbons (Fsp3) is 0.567. The van der Waals surface area contributed by atoms with Crippen LogP contribution in [0.5, 0.6) is 0 Å². The summed E-state index contributed by atoms with van der Waals surface area (Å²) < 4.78 is 6.74. The number of hydrogen-bond donors (Lipinski definition) is 1. The average molecular weight is 558 g/mol. The van der Waals surface area contributed by atoms with Gasteiger partial charge in [-0.2, -0.15) is 0 Å². The van der Waals surface area contributed by atoms with Crippen molar-refractivity contribution in [2.75, 3.05) is 31.1 Å². The lowest BCUT2D eigenvalue weighted by atomic mass is 9.66. The lowest BCUT2D eigenvalue weighted by Gasteiger charge is -2.39. The number of aryl methyl sites for hydroxylation is 1. The van der Waals surface area contributed by atoms with Crippen molar-refractivity contribution < 1.29 is 24.2 Å². The molecule has 0 radical (unpaired) electrons. The molecule has 3 fully saturated rings. The Morgan fingerprint density at radius 2 is 1.95 bits per heavy atom. The van der Waals surface area contributed by atoms with Gasteiger partial charge in [-0.25, -0.2) is 0 Å². The second-order valence-electron chi connectivity index (χ2n) is 11.2. The van der Waals surface area contributed by atoms with Crippen molar-refractivity contribution in [3.8, 4) is 0 Å². The summed E-state index contributed by atoms with van der Waals surface area (Å²) in [7, 11) is 0. The molecule has 3 heterocycles. The van der Waals surface area contributed by atoms with Crippen LogP contribution in [0.2, 0.25) is 5.02 Å². The van der Waals surface area contributed by atoms with Crippen LogP contribution in [0.25, 0.3) is 0 Å². The predicted octanol–water partition coefficient (Wildman–Crippen LogP) is 3.74. The molecule has 6 atom stereocenters. The number of para-hydroxylation sites is 1. The molecule has 3 amide bonds. The summed E-state index contributed by atoms with van der Waals surface area (Å²) in [6.07, 6.45) is 5.05. The summed E-state index contributed by atoms with van der Waals surface area (Å²) in [5.74, 6) is -2.44. The van der Waals surface area contributed by atoms with Gasteiger partial charge in [0.05, 0.1) is 40.8 Å². The van der Waals surface area contributed by atoms with Gasteiger partial charge in [0.15, 0.2) is 0 Å². The van der Waals surface area contributed by atoms with E-state index in [1.54, 1.807) is 34.9 Å². The molecule has 1 spiro atoms. The molecule has 1 aromatic carbocycles. The van der Waals surface area contributed by atoms with Crippen LogP contribution in [0.4, 0.5) is 5.69 Å². The lowest BCUT2D eigenvalue weighted by Crippen LogP contribution is -2.58. The number of ether oxygens (including phenoxy) is 1. The minimum atomic E-state index is -1.20. The van der Waals surface area contributed by atoms with Gasteiger partial charge in [0, 0.05) is 19.6 Å². The fourth-order valence-electron chi connectivity index (χ4n) is 7.03. The van der Waals surface area contributed by atoms with Gasteiger partial charge < -0.3 is 24.5 Å². The van der Waals surface area contributed by atoms with E-state index >= 15 is 0 Å². The van der Waals surface area contributed by atoms with Crippen molar-refractivity contribution >= 4 is 35.0 Å². The maximum atomic E-state index is 14.6. The minimum Gasteiger partial charge on any atom is -0.394 e. The first kappa shape index (κ1) is 29.3. The summed E-state index contributed by atoms with van der Waals surface area (Å²) in [5.41, 5.74) is -0.747. The summed E-state index contributed by atoms with van der Waals surface area (Å²) in [6.45, 7) is 15.8. The number of rotatable bonds is 11. The first-order valence-corrected chi connectivity index (χ1v) is 14.1. The summed E-state index contributed by atoms with van der Waals surface area (Å²) in [4.78, 5) is 47.6. The van der Waals surface area contributed by atoms with Crippen LogP contribution in [0.3, 0.4) is 0 Å². The highest BCUT2D eigenvalue weighted by atomic mass is 35.5. The van der Waals surface area contributed by atoms with E-state index in [1.165, 1.54) is 4.90 Å². The normalized spacial score (nSPS) is 29.7. The minimum absolute atomic E-state index is 0.159. The monoisotopic (exact) mass is 557 g/mol. The van der Waals surface area contributed by atoms with Crippen LogP contribution in [0, 0.1) is 18.8 Å². The first-order chi connectivity index (χ1) is 18.5. The van der Waals surface area contributed by atoms with Crippen molar-refractivity contribution in [3.05, 3.63) is 54.1 Å². The van der Waals surface area contributed by atoms with E-state index in [-0.39, 0.29) is 30.9 Å². The van der Waals surface area contributed by atoms with Crippen LogP contribution in [0.1, 0.15) is 45.6 Å². The Morgan fingerprint density at radius 1 is 1.26 bits per heavy atom. The van der Waals surface area contributed by atoms with Gasteiger partial charge in [0.2, 0.25) is 11.8 Å². The van der Waals surface area contributed by atoms with Crippen LogP contribution in [-0.4, -0.2) is 82.2 Å². The Hall–Kier alpha value is -2.68. The van der Waals surface area contributed by atoms with Crippen LogP contribution in [0.15, 0.2) is 43.5 Å². The molecular weight excluding hydrogens is 518 g/mol. The Balaban J connectivity index is 1.85. The number of aliphatic hydroxyl groups is 1. The van der Waals surface area contributed by atoms with E-state index in [1.807, 2.05) is 32.9 Å². The van der Waals surface area contributed by atoms with Crippen molar-refractivity contribution in [1.29, 1.82) is 0 Å². The zero-order valence-electron chi connectivity index (χ0n) is 23.4. The number of fused-ring (bicyclic) bond motifs is 1. The molecule has 1 aromatic rings. The predicted molar refractivity (Wildman–Crippen MR) is 151 cm³/mol. The van der Waals surface area contributed by atoms with Gasteiger partial charge in [-0.15, -0.1) is 13.2 Å². The quantitative estimate of drug-likeness (QED) is 0.419. The molecule has 9 heteroatoms. The highest BCUT2D eigenvalue weighted by Crippen LogP contribution is 2.64. The molecule has 3 aliphatic heterocycles. The van der Waals surface area contributed by atoms with E-state index < -0.39 is 35.1 Å². The maximum Gasteiger partial charge on any atom is 0.253 e. The number of carbonyl (C=O) groups excluding carboxylic acids is 3. The summed E-state index contributed by atoms with van der Waals surface area (Å²) in [5, 5.41) is 10.6. The van der Waals surface area contributed by atoms with Crippen LogP contribution < -0.4 is 4.90 Å². The highest BCUT2D eigenvalue weighted by Gasteiger charge is 2.78. The maximum absolute atomic E-state index is 14.6. The van der Waals surface area contributed by atoms with E-state index in [2.05, 4.69) is 13.2 Å². The number of amides is 3. The Morgan fingerprint density at radius 3 is 2.54 bits per heavy atom. The summed E-state index contributed by atoms with van der Waals surface area (Å²) >= 11 is 6.60. The second kappa shape index (κ2) is 11.1. The van der Waals surface area contributed by atoms with Gasteiger partial charge in [0.1, 0.15) is 11.6 Å². The third-order valence-electron chi connectivity index (χ3n) is 8.64. The zero-order chi connectivity index (χ0) is 28.7. The molecule has 0 aromatic heterocycles. The number of nitrogens with zero attached hydrogens (tertiary/aromatic N) is 3. The van der Waals surface area contributed by atoms with Gasteiger partial charge >= 0.3 is 0 Å². The number of anilines is 1. The molecule has 0 saturated carbocycles. The van der Waals surface area contributed by atoms with Crippen LogP contribution >= 0.6 is 11.6 Å². The molecule has 4 rings (SSSR count). The van der Waals surface area contributed by atoms with Gasteiger partial charge in [-0.1, -0.05) is 42.8 Å². The van der Waals surface area contributed by atoms with Gasteiger partial charge in [-0.05, 0) is 51.7 Å². The topological polar surface area (TPSA) is 90.4 Å². The standard InChI is InChI=1S/C30H40ClN3O5/c1-7-15-32(16-8-2)26(36)22-23-27(37)34(20(5)18-35)25(30(23)14-13-29(22,6)39-30)28(38)33(17-9-3)24-19(4)11-10-12-21(24)31/h7,9-12,20,22-23,25,35H,1,3,8,13-18H2,2,4-6H3/t20-,22+,23+,25?,29-,30?/m1/s1. The first-order valence-electron chi connectivity index (χ1n) is 13.7. The molecular formula is C30H40ClN3O5. The van der Waals surface area contributed by atoms with E-state index in [0.29, 0.717) is 36.6 Å². The van der Waals surface area contributed by atoms with Crippen molar-refractivity contribution in [2.45, 2.75) is 70.2 Å². The van der Waals surface area contributed by atoms with Crippen molar-refractivity contribution in [2.24, 2.45) is 11.8 Å². The highest BCUT2D eigenvalue weighted by molar-refractivity contribution is 6.34. The van der Waals surface area contributed by atoms with E-state index in [4.69, 9.17) is 16.3 Å². The van der Waals surface area contributed by atoms with E-state index in [0.717, 1.165) is 12.0 Å². The second-order valence-corrected chi connectivity index (χ2v) is 11.6. The molecule has 8 nitrogen and oxygen atoms in total. The fourth-order valence-corrected chi connectivity index (χ4v) is 7.35. The number of benzene rings is 1. The molecule has 2 unspecified atom stereocenters. The van der Waals surface area contributed by atoms with Gasteiger partial charge in [0.25, 0.3) is 5.91 Å². The number of likely N-dealkylation sites (tertiary alicyclic amines) is 1. The molecule has 3 saturated heterocycles. The molecule has 3 aliphatic rings. The SMILES string of the molecule is C=CCN(CCC)C(=O)[C@@H]1[C@H]2C(=O)N([C@H](C)CO)C(C(=O)N(CC=C)c3c(C)cccc3Cl)C23CC[C@@]1(C)O3. The van der Waals surface area contributed by atoms with Gasteiger partial charge in [-0.3, -0.25) is 14.4 Å². The Labute approximate surface area is 236 Å². The third-order valence-corrected chi connectivity index (χ3v) is 8.95. The molecule has 1 N–H and O–H groups in total. The summed E-state index contributed by atoms with van der Waals surface area (Å²) in [6, 6.07) is 3.71. The van der Waals surface area contributed by atoms with Crippen molar-refractivity contribution in [3.63, 3.8) is 0 Å². The number of aliphatic hydroxyl groups excluding tert-OH is 1. The average Bonchev–Trinajstić information content (AvgIpc) is 3.47. The van der Waals surface area contributed by atoms with E-state index in [9.17, 15) is 19.5 Å². The number of halogens is 1. The lowest BCUT2D eigenvalue weighted by molar-refractivity contribution is -0.151. The third kappa shape index (κ3) is 4.50. The Bertz CT molecular complexity index is 1150. The molecule has 2 bridgehead atoms. The Kier molecular flexibility index (Phi) is 8.31. The molecule has 0 aliphatic carbocycles. The zero-order valence-corrected chi connectivity index (χ0v) is 24.1. The number of hydrogen-bond acceptors (Lipinski definition) is 5. The largest absolute Gasteiger partial charge is 0.394 e. The molecule has 212 valence electrons. The number of carbonyl (C=O) groups is 3. The van der Waals surface area contributed by atoms with Crippen molar-refractivity contribution in [1.82, 2.24) is 9.80 Å². The van der Waals surface area contributed by atoms with Crippen LogP contribution in [-0.2, 0) is 19.1 Å². The molecule has 39 heavy (non-hydrogen) atoms.